The lowest BCUT2D eigenvalue weighted by Crippen LogP contribution is -2.01. The largest absolute Gasteiger partial charge is 0.269 e. The molecule has 0 saturated carbocycles. The van der Waals surface area contributed by atoms with Gasteiger partial charge in [-0.3, -0.25) is 10.1 Å². The molecule has 0 spiro atoms. The first-order chi connectivity index (χ1) is 10.1. The van der Waals surface area contributed by atoms with E-state index in [1.165, 1.54) is 24.0 Å². The summed E-state index contributed by atoms with van der Waals surface area (Å²) in [5, 5.41) is 10.6. The van der Waals surface area contributed by atoms with E-state index in [2.05, 4.69) is 31.2 Å². The molecule has 0 aliphatic carbocycles. The van der Waals surface area contributed by atoms with Crippen molar-refractivity contribution in [3.05, 3.63) is 75.8 Å². The second kappa shape index (κ2) is 7.58. The molecule has 0 aliphatic heterocycles. The van der Waals surface area contributed by atoms with Gasteiger partial charge in [-0.2, -0.15) is 0 Å². The van der Waals surface area contributed by atoms with Gasteiger partial charge in [0.2, 0.25) is 0 Å². The lowest BCUT2D eigenvalue weighted by atomic mass is 9.94. The van der Waals surface area contributed by atoms with Crippen LogP contribution in [0, 0.1) is 16.0 Å². The number of rotatable bonds is 7. The van der Waals surface area contributed by atoms with Gasteiger partial charge in [-0.1, -0.05) is 55.8 Å². The summed E-state index contributed by atoms with van der Waals surface area (Å²) in [6.45, 7) is 2.24. The van der Waals surface area contributed by atoms with E-state index in [1.807, 2.05) is 18.2 Å². The molecule has 0 heterocycles. The van der Waals surface area contributed by atoms with E-state index in [9.17, 15) is 10.1 Å². The lowest BCUT2D eigenvalue weighted by molar-refractivity contribution is -0.384. The summed E-state index contributed by atoms with van der Waals surface area (Å²) < 4.78 is 0. The van der Waals surface area contributed by atoms with Crippen LogP contribution in [0.25, 0.3) is 0 Å². The zero-order valence-corrected chi connectivity index (χ0v) is 12.4. The predicted molar refractivity (Wildman–Crippen MR) is 85.3 cm³/mol. The molecule has 2 rings (SSSR count). The number of non-ortho nitro benzene ring substituents is 1. The highest BCUT2D eigenvalue weighted by Crippen LogP contribution is 2.18. The number of aryl methyl sites for hydroxylation is 1. The first-order valence-corrected chi connectivity index (χ1v) is 7.42. The number of nitro benzene ring substituents is 1. The summed E-state index contributed by atoms with van der Waals surface area (Å²) in [5.74, 6) is 0.593. The van der Waals surface area contributed by atoms with Crippen LogP contribution in [0.2, 0.25) is 0 Å². The molecule has 2 aromatic carbocycles. The summed E-state index contributed by atoms with van der Waals surface area (Å²) in [4.78, 5) is 10.3. The van der Waals surface area contributed by atoms with Crippen molar-refractivity contribution in [2.45, 2.75) is 32.6 Å². The Labute approximate surface area is 125 Å². The molecule has 3 heteroatoms. The van der Waals surface area contributed by atoms with Gasteiger partial charge in [0, 0.05) is 12.1 Å². The zero-order valence-electron chi connectivity index (χ0n) is 12.4. The van der Waals surface area contributed by atoms with Crippen molar-refractivity contribution in [2.24, 2.45) is 5.92 Å². The second-order valence-electron chi connectivity index (χ2n) is 5.61. The Hall–Kier alpha value is -2.16. The second-order valence-corrected chi connectivity index (χ2v) is 5.61. The highest BCUT2D eigenvalue weighted by molar-refractivity contribution is 5.33. The first kappa shape index (κ1) is 15.2. The molecule has 3 nitrogen and oxygen atoms in total. The fourth-order valence-corrected chi connectivity index (χ4v) is 2.56. The molecule has 0 saturated heterocycles. The van der Waals surface area contributed by atoms with Crippen LogP contribution >= 0.6 is 0 Å². The van der Waals surface area contributed by atoms with Crippen molar-refractivity contribution in [1.29, 1.82) is 0 Å². The highest BCUT2D eigenvalue weighted by atomic mass is 16.6. The van der Waals surface area contributed by atoms with Crippen molar-refractivity contribution in [3.8, 4) is 0 Å². The Balaban J connectivity index is 1.76. The van der Waals surface area contributed by atoms with Crippen LogP contribution in [0.5, 0.6) is 0 Å². The van der Waals surface area contributed by atoms with Crippen LogP contribution in [-0.4, -0.2) is 4.92 Å². The van der Waals surface area contributed by atoms with Gasteiger partial charge < -0.3 is 0 Å². The van der Waals surface area contributed by atoms with Crippen LogP contribution in [0.3, 0.4) is 0 Å². The van der Waals surface area contributed by atoms with E-state index in [4.69, 9.17) is 0 Å². The smallest absolute Gasteiger partial charge is 0.258 e. The SMILES string of the molecule is CC(CCCc1ccccc1)Cc1ccc([N+](=O)[O-])cc1. The molecule has 0 aliphatic rings. The summed E-state index contributed by atoms with van der Waals surface area (Å²) in [7, 11) is 0. The van der Waals surface area contributed by atoms with Gasteiger partial charge in [-0.25, -0.2) is 0 Å². The lowest BCUT2D eigenvalue weighted by Gasteiger charge is -2.11. The maximum atomic E-state index is 10.6. The van der Waals surface area contributed by atoms with Crippen molar-refractivity contribution in [1.82, 2.24) is 0 Å². The third-order valence-electron chi connectivity index (χ3n) is 3.74. The quantitative estimate of drug-likeness (QED) is 0.541. The number of nitrogens with zero attached hydrogens (tertiary/aromatic N) is 1. The van der Waals surface area contributed by atoms with Crippen LogP contribution in [0.15, 0.2) is 54.6 Å². The minimum absolute atomic E-state index is 0.162. The minimum Gasteiger partial charge on any atom is -0.258 e. The molecular weight excluding hydrogens is 262 g/mol. The van der Waals surface area contributed by atoms with Gasteiger partial charge in [0.25, 0.3) is 5.69 Å². The van der Waals surface area contributed by atoms with Gasteiger partial charge in [0.1, 0.15) is 0 Å². The standard InChI is InChI=1S/C18H21NO2/c1-15(6-5-9-16-7-3-2-4-8-16)14-17-10-12-18(13-11-17)19(20)21/h2-4,7-8,10-13,15H,5-6,9,14H2,1H3. The molecule has 0 bridgehead atoms. The Kier molecular flexibility index (Phi) is 5.50. The fraction of sp³-hybridized carbons (Fsp3) is 0.333. The van der Waals surface area contributed by atoms with E-state index in [-0.39, 0.29) is 10.6 Å². The van der Waals surface area contributed by atoms with Crippen LogP contribution in [0.4, 0.5) is 5.69 Å². The third kappa shape index (κ3) is 5.03. The molecule has 2 aromatic rings. The average molecular weight is 283 g/mol. The van der Waals surface area contributed by atoms with Crippen molar-refractivity contribution >= 4 is 5.69 Å². The molecule has 0 radical (unpaired) electrons. The van der Waals surface area contributed by atoms with Gasteiger partial charge in [0.15, 0.2) is 0 Å². The molecular formula is C18H21NO2. The minimum atomic E-state index is -0.354. The van der Waals surface area contributed by atoms with Crippen LogP contribution in [-0.2, 0) is 12.8 Å². The Morgan fingerprint density at radius 3 is 2.29 bits per heavy atom. The number of hydrogen-bond donors (Lipinski definition) is 0. The first-order valence-electron chi connectivity index (χ1n) is 7.42. The third-order valence-corrected chi connectivity index (χ3v) is 3.74. The molecule has 0 fully saturated rings. The van der Waals surface area contributed by atoms with Crippen LogP contribution < -0.4 is 0 Å². The van der Waals surface area contributed by atoms with Crippen molar-refractivity contribution in [2.75, 3.05) is 0 Å². The number of hydrogen-bond acceptors (Lipinski definition) is 2. The highest BCUT2D eigenvalue weighted by Gasteiger charge is 2.07. The monoisotopic (exact) mass is 283 g/mol. The molecule has 1 unspecified atom stereocenters. The summed E-state index contributed by atoms with van der Waals surface area (Å²) in [6.07, 6.45) is 4.45. The Morgan fingerprint density at radius 2 is 1.67 bits per heavy atom. The maximum Gasteiger partial charge on any atom is 0.269 e. The molecule has 0 aromatic heterocycles. The van der Waals surface area contributed by atoms with Gasteiger partial charge in [-0.05, 0) is 36.3 Å². The maximum absolute atomic E-state index is 10.6. The van der Waals surface area contributed by atoms with Crippen molar-refractivity contribution in [3.63, 3.8) is 0 Å². The van der Waals surface area contributed by atoms with E-state index >= 15 is 0 Å². The van der Waals surface area contributed by atoms with Gasteiger partial charge >= 0.3 is 0 Å². The Bertz CT molecular complexity index is 564. The summed E-state index contributed by atoms with van der Waals surface area (Å²) in [6, 6.07) is 17.4. The molecule has 110 valence electrons. The van der Waals surface area contributed by atoms with E-state index in [0.29, 0.717) is 5.92 Å². The fourth-order valence-electron chi connectivity index (χ4n) is 2.56. The summed E-state index contributed by atoms with van der Waals surface area (Å²) in [5.41, 5.74) is 2.73. The topological polar surface area (TPSA) is 43.1 Å². The number of nitro groups is 1. The normalized spacial score (nSPS) is 12.0. The molecule has 1 atom stereocenters. The average Bonchev–Trinajstić information content (AvgIpc) is 2.49. The summed E-state index contributed by atoms with van der Waals surface area (Å²) >= 11 is 0. The van der Waals surface area contributed by atoms with Gasteiger partial charge in [-0.15, -0.1) is 0 Å². The zero-order chi connectivity index (χ0) is 15.1. The van der Waals surface area contributed by atoms with E-state index in [0.717, 1.165) is 12.8 Å². The van der Waals surface area contributed by atoms with Crippen LogP contribution in [0.1, 0.15) is 30.9 Å². The molecule has 0 amide bonds. The van der Waals surface area contributed by atoms with E-state index in [1.54, 1.807) is 12.1 Å². The number of benzene rings is 2. The predicted octanol–water partition coefficient (Wildman–Crippen LogP) is 4.80. The molecule has 0 N–H and O–H groups in total. The van der Waals surface area contributed by atoms with E-state index < -0.39 is 0 Å². The van der Waals surface area contributed by atoms with Crippen molar-refractivity contribution < 1.29 is 4.92 Å². The van der Waals surface area contributed by atoms with Gasteiger partial charge in [0.05, 0.1) is 4.92 Å². The Morgan fingerprint density at radius 1 is 1.00 bits per heavy atom. The molecule has 21 heavy (non-hydrogen) atoms.